The second-order valence-electron chi connectivity index (χ2n) is 5.48. The molecule has 0 spiro atoms. The lowest BCUT2D eigenvalue weighted by molar-refractivity contribution is 0.0516. The smallest absolute Gasteiger partial charge is 0.117 e. The summed E-state index contributed by atoms with van der Waals surface area (Å²) in [5.74, 6) is 0.486. The molecule has 0 aliphatic rings. The Hall–Kier alpha value is -1.13. The molecular formula is C14H20N2OS. The molecule has 2 N–H and O–H groups in total. The third-order valence-electron chi connectivity index (χ3n) is 2.86. The normalized spacial score (nSPS) is 14.9. The molecule has 4 heteroatoms. The summed E-state index contributed by atoms with van der Waals surface area (Å²) in [5.41, 5.74) is 0.327. The van der Waals surface area contributed by atoms with Gasteiger partial charge in [0.2, 0.25) is 0 Å². The van der Waals surface area contributed by atoms with E-state index in [1.54, 1.807) is 0 Å². The molecule has 1 heterocycles. The molecule has 0 aliphatic carbocycles. The molecule has 18 heavy (non-hydrogen) atoms. The minimum atomic E-state index is -0.681. The Kier molecular flexibility index (Phi) is 3.88. The van der Waals surface area contributed by atoms with Crippen LogP contribution in [0.15, 0.2) is 24.3 Å². The van der Waals surface area contributed by atoms with E-state index in [-0.39, 0.29) is 0 Å². The van der Waals surface area contributed by atoms with Crippen LogP contribution in [0.2, 0.25) is 0 Å². The molecule has 2 aromatic rings. The minimum Gasteiger partial charge on any atom is -0.388 e. The topological polar surface area (TPSA) is 45.1 Å². The van der Waals surface area contributed by atoms with E-state index < -0.39 is 5.60 Å². The largest absolute Gasteiger partial charge is 0.388 e. The summed E-state index contributed by atoms with van der Waals surface area (Å²) < 4.78 is 4.38. The fourth-order valence-corrected chi connectivity index (χ4v) is 3.00. The second kappa shape index (κ2) is 5.24. The van der Waals surface area contributed by atoms with Crippen molar-refractivity contribution in [3.8, 4) is 0 Å². The van der Waals surface area contributed by atoms with Crippen molar-refractivity contribution in [1.29, 1.82) is 0 Å². The van der Waals surface area contributed by atoms with Crippen LogP contribution in [0.3, 0.4) is 0 Å². The summed E-state index contributed by atoms with van der Waals surface area (Å²) in [7, 11) is 0. The van der Waals surface area contributed by atoms with E-state index in [0.29, 0.717) is 12.5 Å². The van der Waals surface area contributed by atoms with E-state index in [1.807, 2.05) is 25.1 Å². The zero-order chi connectivity index (χ0) is 13.2. The van der Waals surface area contributed by atoms with E-state index in [1.165, 1.54) is 11.5 Å². The highest BCUT2D eigenvalue weighted by Gasteiger charge is 2.22. The van der Waals surface area contributed by atoms with E-state index in [2.05, 4.69) is 29.6 Å². The van der Waals surface area contributed by atoms with Gasteiger partial charge in [-0.15, -0.1) is 0 Å². The van der Waals surface area contributed by atoms with E-state index in [4.69, 9.17) is 0 Å². The summed E-state index contributed by atoms with van der Waals surface area (Å²) in [5, 5.41) is 15.8. The zero-order valence-corrected chi connectivity index (χ0v) is 11.9. The standard InChI is InChI=1S/C14H20N2OS/c1-10(2)8-14(3,17)9-15-13-11-6-4-5-7-12(11)16-18-13/h4-7,10,15,17H,8-9H2,1-3H3. The monoisotopic (exact) mass is 264 g/mol. The van der Waals surface area contributed by atoms with Gasteiger partial charge in [0.15, 0.2) is 0 Å². The van der Waals surface area contributed by atoms with Crippen LogP contribution in [0.1, 0.15) is 27.2 Å². The molecule has 3 nitrogen and oxygen atoms in total. The Balaban J connectivity index is 2.06. The third kappa shape index (κ3) is 3.21. The molecule has 0 fully saturated rings. The van der Waals surface area contributed by atoms with E-state index in [9.17, 15) is 5.11 Å². The van der Waals surface area contributed by atoms with Gasteiger partial charge in [0.05, 0.1) is 11.1 Å². The Morgan fingerprint density at radius 3 is 2.83 bits per heavy atom. The quantitative estimate of drug-likeness (QED) is 0.868. The number of aromatic nitrogens is 1. The maximum atomic E-state index is 10.3. The average molecular weight is 264 g/mol. The summed E-state index contributed by atoms with van der Waals surface area (Å²) >= 11 is 1.45. The Labute approximate surface area is 112 Å². The molecule has 0 bridgehead atoms. The van der Waals surface area contributed by atoms with E-state index >= 15 is 0 Å². The number of anilines is 1. The van der Waals surface area contributed by atoms with Crippen molar-refractivity contribution in [2.75, 3.05) is 11.9 Å². The van der Waals surface area contributed by atoms with Crippen molar-refractivity contribution >= 4 is 27.4 Å². The highest BCUT2D eigenvalue weighted by Crippen LogP contribution is 2.28. The van der Waals surface area contributed by atoms with Crippen LogP contribution in [0.5, 0.6) is 0 Å². The molecule has 98 valence electrons. The number of nitrogens with zero attached hydrogens (tertiary/aromatic N) is 1. The van der Waals surface area contributed by atoms with Crippen molar-refractivity contribution in [3.05, 3.63) is 24.3 Å². The lowest BCUT2D eigenvalue weighted by Crippen LogP contribution is -2.34. The fourth-order valence-electron chi connectivity index (χ4n) is 2.24. The Morgan fingerprint density at radius 1 is 1.39 bits per heavy atom. The number of fused-ring (bicyclic) bond motifs is 1. The van der Waals surface area contributed by atoms with Gasteiger partial charge < -0.3 is 10.4 Å². The van der Waals surface area contributed by atoms with Crippen LogP contribution >= 0.6 is 11.5 Å². The number of hydrogen-bond acceptors (Lipinski definition) is 4. The summed E-state index contributed by atoms with van der Waals surface area (Å²) in [6, 6.07) is 8.05. The number of benzene rings is 1. The molecule has 0 amide bonds. The van der Waals surface area contributed by atoms with Crippen LogP contribution in [-0.2, 0) is 0 Å². The number of nitrogens with one attached hydrogen (secondary N) is 1. The number of rotatable bonds is 5. The Morgan fingerprint density at radius 2 is 2.11 bits per heavy atom. The molecule has 0 radical (unpaired) electrons. The first-order valence-corrected chi connectivity index (χ1v) is 7.06. The molecule has 0 aliphatic heterocycles. The van der Waals surface area contributed by atoms with Gasteiger partial charge in [0, 0.05) is 11.9 Å². The van der Waals surface area contributed by atoms with Crippen LogP contribution in [0.25, 0.3) is 10.9 Å². The van der Waals surface area contributed by atoms with Crippen LogP contribution in [0.4, 0.5) is 5.00 Å². The van der Waals surface area contributed by atoms with Crippen molar-refractivity contribution in [2.24, 2.45) is 5.92 Å². The predicted octanol–water partition coefficient (Wildman–Crippen LogP) is 3.51. The van der Waals surface area contributed by atoms with Crippen LogP contribution in [0, 0.1) is 5.92 Å². The number of aliphatic hydroxyl groups is 1. The van der Waals surface area contributed by atoms with Gasteiger partial charge in [0.1, 0.15) is 5.00 Å². The zero-order valence-electron chi connectivity index (χ0n) is 11.1. The number of hydrogen-bond donors (Lipinski definition) is 2. The van der Waals surface area contributed by atoms with Gasteiger partial charge in [-0.1, -0.05) is 26.0 Å². The lowest BCUT2D eigenvalue weighted by atomic mass is 9.94. The van der Waals surface area contributed by atoms with Gasteiger partial charge in [-0.3, -0.25) is 0 Å². The van der Waals surface area contributed by atoms with Gasteiger partial charge in [0.25, 0.3) is 0 Å². The minimum absolute atomic E-state index is 0.486. The molecule has 0 saturated heterocycles. The first kappa shape index (κ1) is 13.3. The molecule has 1 aromatic carbocycles. The average Bonchev–Trinajstić information content (AvgIpc) is 2.68. The van der Waals surface area contributed by atoms with E-state index in [0.717, 1.165) is 22.3 Å². The SMILES string of the molecule is CC(C)CC(C)(O)CNc1snc2ccccc12. The van der Waals surface area contributed by atoms with Gasteiger partial charge in [-0.05, 0) is 42.9 Å². The first-order valence-electron chi connectivity index (χ1n) is 6.28. The van der Waals surface area contributed by atoms with Crippen molar-refractivity contribution in [3.63, 3.8) is 0 Å². The summed E-state index contributed by atoms with van der Waals surface area (Å²) in [6.07, 6.45) is 0.788. The predicted molar refractivity (Wildman–Crippen MR) is 78.2 cm³/mol. The third-order valence-corrected chi connectivity index (χ3v) is 3.70. The van der Waals surface area contributed by atoms with Crippen LogP contribution in [-0.4, -0.2) is 21.6 Å². The molecular weight excluding hydrogens is 244 g/mol. The maximum absolute atomic E-state index is 10.3. The molecule has 1 aromatic heterocycles. The van der Waals surface area contributed by atoms with Gasteiger partial charge in [-0.2, -0.15) is 4.37 Å². The maximum Gasteiger partial charge on any atom is 0.117 e. The van der Waals surface area contributed by atoms with Crippen molar-refractivity contribution in [2.45, 2.75) is 32.8 Å². The molecule has 1 unspecified atom stereocenters. The summed E-state index contributed by atoms with van der Waals surface area (Å²) in [6.45, 7) is 6.67. The highest BCUT2D eigenvalue weighted by atomic mass is 32.1. The van der Waals surface area contributed by atoms with Crippen LogP contribution < -0.4 is 5.32 Å². The Bertz CT molecular complexity index is 519. The van der Waals surface area contributed by atoms with Crippen molar-refractivity contribution in [1.82, 2.24) is 4.37 Å². The van der Waals surface area contributed by atoms with Gasteiger partial charge in [-0.25, -0.2) is 0 Å². The first-order chi connectivity index (χ1) is 8.48. The lowest BCUT2D eigenvalue weighted by Gasteiger charge is -2.25. The summed E-state index contributed by atoms with van der Waals surface area (Å²) in [4.78, 5) is 0. The highest BCUT2D eigenvalue weighted by molar-refractivity contribution is 7.11. The fraction of sp³-hybridized carbons (Fsp3) is 0.500. The van der Waals surface area contributed by atoms with Crippen molar-refractivity contribution < 1.29 is 5.11 Å². The molecule has 0 saturated carbocycles. The second-order valence-corrected chi connectivity index (χ2v) is 6.25. The molecule has 2 rings (SSSR count). The molecule has 1 atom stereocenters. The van der Waals surface area contributed by atoms with Gasteiger partial charge >= 0.3 is 0 Å².